The molecule has 0 spiro atoms. The van der Waals surface area contributed by atoms with Crippen molar-refractivity contribution < 1.29 is 0 Å². The molecule has 4 nitrogen and oxygen atoms in total. The van der Waals surface area contributed by atoms with Gasteiger partial charge in [-0.15, -0.1) is 0 Å². The van der Waals surface area contributed by atoms with Gasteiger partial charge in [0.25, 0.3) is 0 Å². The lowest BCUT2D eigenvalue weighted by atomic mass is 10.1. The first-order valence-corrected chi connectivity index (χ1v) is 6.65. The fraction of sp³-hybridized carbons (Fsp3) is 0.400. The SMILES string of the molecule is C=C(C)CN1Cc2cccc3[nH]c(=O)n(c23)C[C@@H]1C. The first-order chi connectivity index (χ1) is 9.06. The van der Waals surface area contributed by atoms with Crippen molar-refractivity contribution in [3.05, 3.63) is 46.4 Å². The molecule has 0 bridgehead atoms. The van der Waals surface area contributed by atoms with Gasteiger partial charge in [0.2, 0.25) is 0 Å². The molecule has 0 unspecified atom stereocenters. The number of nitrogens with zero attached hydrogens (tertiary/aromatic N) is 2. The molecule has 0 saturated carbocycles. The molecule has 2 heterocycles. The predicted molar refractivity (Wildman–Crippen MR) is 77.2 cm³/mol. The Kier molecular flexibility index (Phi) is 2.82. The van der Waals surface area contributed by atoms with Gasteiger partial charge in [-0.1, -0.05) is 24.3 Å². The zero-order chi connectivity index (χ0) is 13.6. The number of aromatic nitrogens is 2. The summed E-state index contributed by atoms with van der Waals surface area (Å²) < 4.78 is 1.87. The van der Waals surface area contributed by atoms with Gasteiger partial charge in [-0.05, 0) is 25.5 Å². The summed E-state index contributed by atoms with van der Waals surface area (Å²) >= 11 is 0. The number of para-hydroxylation sites is 1. The van der Waals surface area contributed by atoms with Crippen molar-refractivity contribution in [3.8, 4) is 0 Å². The third-order valence-corrected chi connectivity index (χ3v) is 3.79. The summed E-state index contributed by atoms with van der Waals surface area (Å²) in [6.45, 7) is 10.7. The summed E-state index contributed by atoms with van der Waals surface area (Å²) in [6, 6.07) is 6.40. The molecule has 0 amide bonds. The monoisotopic (exact) mass is 257 g/mol. The van der Waals surface area contributed by atoms with Crippen LogP contribution in [-0.4, -0.2) is 27.0 Å². The third kappa shape index (κ3) is 2.02. The quantitative estimate of drug-likeness (QED) is 0.837. The molecule has 1 aromatic carbocycles. The molecule has 0 aliphatic carbocycles. The van der Waals surface area contributed by atoms with Crippen LogP contribution in [0.4, 0.5) is 0 Å². The molecule has 100 valence electrons. The smallest absolute Gasteiger partial charge is 0.306 e. The Hall–Kier alpha value is -1.81. The van der Waals surface area contributed by atoms with E-state index < -0.39 is 0 Å². The van der Waals surface area contributed by atoms with Gasteiger partial charge in [-0.2, -0.15) is 0 Å². The summed E-state index contributed by atoms with van der Waals surface area (Å²) in [5.41, 5.74) is 4.35. The van der Waals surface area contributed by atoms with Gasteiger partial charge in [0, 0.05) is 25.7 Å². The van der Waals surface area contributed by atoms with Gasteiger partial charge >= 0.3 is 5.69 Å². The highest BCUT2D eigenvalue weighted by Crippen LogP contribution is 2.23. The summed E-state index contributed by atoms with van der Waals surface area (Å²) in [5.74, 6) is 0. The highest BCUT2D eigenvalue weighted by molar-refractivity contribution is 5.79. The fourth-order valence-corrected chi connectivity index (χ4v) is 2.91. The molecule has 1 N–H and O–H groups in total. The van der Waals surface area contributed by atoms with E-state index >= 15 is 0 Å². The number of H-pyrrole nitrogens is 1. The molecule has 3 rings (SSSR count). The Balaban J connectivity index is 2.13. The Bertz CT molecular complexity index is 695. The number of rotatable bonds is 2. The maximum atomic E-state index is 12.1. The number of hydrogen-bond donors (Lipinski definition) is 1. The molecular formula is C15H19N3O. The van der Waals surface area contributed by atoms with Crippen molar-refractivity contribution in [1.82, 2.24) is 14.5 Å². The van der Waals surface area contributed by atoms with Crippen LogP contribution in [-0.2, 0) is 13.1 Å². The number of benzene rings is 1. The van der Waals surface area contributed by atoms with E-state index in [1.165, 1.54) is 5.56 Å². The molecule has 1 aliphatic rings. The molecule has 4 heteroatoms. The largest absolute Gasteiger partial charge is 0.326 e. The summed E-state index contributed by atoms with van der Waals surface area (Å²) in [4.78, 5) is 17.4. The van der Waals surface area contributed by atoms with Crippen molar-refractivity contribution in [2.45, 2.75) is 33.0 Å². The van der Waals surface area contributed by atoms with E-state index in [0.29, 0.717) is 6.04 Å². The maximum absolute atomic E-state index is 12.1. The van der Waals surface area contributed by atoms with Crippen LogP contribution in [0.25, 0.3) is 11.0 Å². The third-order valence-electron chi connectivity index (χ3n) is 3.79. The summed E-state index contributed by atoms with van der Waals surface area (Å²) in [7, 11) is 0. The second-order valence-electron chi connectivity index (χ2n) is 5.57. The van der Waals surface area contributed by atoms with Gasteiger partial charge < -0.3 is 4.98 Å². The van der Waals surface area contributed by atoms with Crippen LogP contribution in [0.2, 0.25) is 0 Å². The van der Waals surface area contributed by atoms with Crippen molar-refractivity contribution >= 4 is 11.0 Å². The summed E-state index contributed by atoms with van der Waals surface area (Å²) in [6.07, 6.45) is 0. The highest BCUT2D eigenvalue weighted by Gasteiger charge is 2.23. The normalized spacial score (nSPS) is 19.6. The number of hydrogen-bond acceptors (Lipinski definition) is 2. The minimum atomic E-state index is -0.00789. The zero-order valence-electron chi connectivity index (χ0n) is 11.4. The molecule has 0 saturated heterocycles. The maximum Gasteiger partial charge on any atom is 0.326 e. The molecule has 1 aliphatic heterocycles. The lowest BCUT2D eigenvalue weighted by Gasteiger charge is -2.27. The molecule has 1 aromatic heterocycles. The van der Waals surface area contributed by atoms with E-state index in [9.17, 15) is 4.79 Å². The van der Waals surface area contributed by atoms with Crippen molar-refractivity contribution in [2.75, 3.05) is 6.54 Å². The van der Waals surface area contributed by atoms with Crippen molar-refractivity contribution in [1.29, 1.82) is 0 Å². The zero-order valence-corrected chi connectivity index (χ0v) is 11.4. The van der Waals surface area contributed by atoms with Crippen LogP contribution >= 0.6 is 0 Å². The van der Waals surface area contributed by atoms with Crippen LogP contribution in [0.15, 0.2) is 35.1 Å². The van der Waals surface area contributed by atoms with Crippen LogP contribution < -0.4 is 5.69 Å². The van der Waals surface area contributed by atoms with Gasteiger partial charge in [0.05, 0.1) is 11.0 Å². The lowest BCUT2D eigenvalue weighted by Crippen LogP contribution is -2.36. The van der Waals surface area contributed by atoms with Crippen molar-refractivity contribution in [3.63, 3.8) is 0 Å². The average Bonchev–Trinajstić information content (AvgIpc) is 2.57. The van der Waals surface area contributed by atoms with Crippen LogP contribution in [0.5, 0.6) is 0 Å². The highest BCUT2D eigenvalue weighted by atomic mass is 16.1. The minimum Gasteiger partial charge on any atom is -0.306 e. The van der Waals surface area contributed by atoms with E-state index in [1.807, 2.05) is 23.6 Å². The fourth-order valence-electron chi connectivity index (χ4n) is 2.91. The molecular weight excluding hydrogens is 238 g/mol. The Morgan fingerprint density at radius 1 is 1.53 bits per heavy atom. The topological polar surface area (TPSA) is 41.0 Å². The van der Waals surface area contributed by atoms with E-state index in [1.54, 1.807) is 0 Å². The predicted octanol–water partition coefficient (Wildman–Crippen LogP) is 2.11. The first-order valence-electron chi connectivity index (χ1n) is 6.65. The number of imidazole rings is 1. The summed E-state index contributed by atoms with van der Waals surface area (Å²) in [5, 5.41) is 0. The Morgan fingerprint density at radius 3 is 3.05 bits per heavy atom. The van der Waals surface area contributed by atoms with E-state index in [-0.39, 0.29) is 5.69 Å². The molecule has 2 aromatic rings. The van der Waals surface area contributed by atoms with Gasteiger partial charge in [0.15, 0.2) is 0 Å². The van der Waals surface area contributed by atoms with Gasteiger partial charge in [0.1, 0.15) is 0 Å². The van der Waals surface area contributed by atoms with E-state index in [2.05, 4.69) is 29.5 Å². The second-order valence-corrected chi connectivity index (χ2v) is 5.57. The van der Waals surface area contributed by atoms with Crippen LogP contribution in [0.1, 0.15) is 19.4 Å². The minimum absolute atomic E-state index is 0.00789. The standard InChI is InChI=1S/C15H19N3O/c1-10(2)7-17-9-12-5-4-6-13-14(12)18(8-11(17)3)15(19)16-13/h4-6,11H,1,7-9H2,2-3H3,(H,16,19)/t11-/m0/s1. The van der Waals surface area contributed by atoms with Gasteiger partial charge in [-0.25, -0.2) is 4.79 Å². The van der Waals surface area contributed by atoms with Gasteiger partial charge in [-0.3, -0.25) is 9.47 Å². The average molecular weight is 257 g/mol. The second kappa shape index (κ2) is 4.38. The first kappa shape index (κ1) is 12.2. The molecule has 0 fully saturated rings. The van der Waals surface area contributed by atoms with E-state index in [4.69, 9.17) is 0 Å². The molecule has 0 radical (unpaired) electrons. The van der Waals surface area contributed by atoms with Crippen LogP contribution in [0.3, 0.4) is 0 Å². The number of nitrogens with one attached hydrogen (secondary N) is 1. The van der Waals surface area contributed by atoms with Crippen molar-refractivity contribution in [2.24, 2.45) is 0 Å². The molecule has 19 heavy (non-hydrogen) atoms. The molecule has 1 atom stereocenters. The Labute approximate surface area is 112 Å². The Morgan fingerprint density at radius 2 is 2.32 bits per heavy atom. The lowest BCUT2D eigenvalue weighted by molar-refractivity contribution is 0.206. The van der Waals surface area contributed by atoms with Crippen LogP contribution in [0, 0.1) is 0 Å². The van der Waals surface area contributed by atoms with E-state index in [0.717, 1.165) is 36.2 Å². The number of aromatic amines is 1.